The summed E-state index contributed by atoms with van der Waals surface area (Å²) in [5.41, 5.74) is 7.48. The topological polar surface area (TPSA) is 71.2 Å². The summed E-state index contributed by atoms with van der Waals surface area (Å²) in [6.07, 6.45) is 2.73. The van der Waals surface area contributed by atoms with E-state index in [-0.39, 0.29) is 5.91 Å². The Morgan fingerprint density at radius 1 is 1.63 bits per heavy atom. The van der Waals surface area contributed by atoms with E-state index >= 15 is 0 Å². The van der Waals surface area contributed by atoms with E-state index in [0.717, 1.165) is 32.6 Å². The summed E-state index contributed by atoms with van der Waals surface area (Å²) in [6, 6.07) is 1.69. The van der Waals surface area contributed by atoms with Gasteiger partial charge in [-0.15, -0.1) is 0 Å². The molecule has 0 aliphatic carbocycles. The highest BCUT2D eigenvalue weighted by molar-refractivity contribution is 5.95. The lowest BCUT2D eigenvalue weighted by atomic mass is 10.1. The number of hydrogen-bond acceptors (Lipinski definition) is 4. The van der Waals surface area contributed by atoms with Crippen molar-refractivity contribution in [1.82, 2.24) is 15.2 Å². The Hall–Kier alpha value is -1.62. The molecule has 1 saturated heterocycles. The molecule has 5 heteroatoms. The lowest BCUT2D eigenvalue weighted by Gasteiger charge is -2.14. The molecule has 2 rings (SSSR count). The molecular weight excluding hydrogens is 240 g/mol. The van der Waals surface area contributed by atoms with Gasteiger partial charge in [-0.2, -0.15) is 0 Å². The highest BCUT2D eigenvalue weighted by Gasteiger charge is 2.22. The number of aryl methyl sites for hydroxylation is 1. The van der Waals surface area contributed by atoms with Crippen molar-refractivity contribution in [3.05, 3.63) is 23.5 Å². The molecule has 1 atom stereocenters. The fourth-order valence-corrected chi connectivity index (χ4v) is 2.48. The van der Waals surface area contributed by atoms with Gasteiger partial charge in [-0.05, 0) is 38.4 Å². The number of pyridine rings is 1. The van der Waals surface area contributed by atoms with E-state index in [0.29, 0.717) is 22.9 Å². The molecule has 19 heavy (non-hydrogen) atoms. The zero-order valence-corrected chi connectivity index (χ0v) is 11.6. The third kappa shape index (κ3) is 3.44. The van der Waals surface area contributed by atoms with Crippen molar-refractivity contribution in [2.24, 2.45) is 5.92 Å². The van der Waals surface area contributed by atoms with Crippen molar-refractivity contribution in [3.8, 4) is 0 Å². The number of aromatic nitrogens is 1. The van der Waals surface area contributed by atoms with Crippen LogP contribution in [0.25, 0.3) is 0 Å². The Balaban J connectivity index is 1.89. The maximum Gasteiger partial charge on any atom is 0.253 e. The highest BCUT2D eigenvalue weighted by atomic mass is 16.1. The van der Waals surface area contributed by atoms with Crippen molar-refractivity contribution in [1.29, 1.82) is 0 Å². The largest absolute Gasteiger partial charge is 0.397 e. The molecule has 3 N–H and O–H groups in total. The van der Waals surface area contributed by atoms with Crippen LogP contribution in [0.5, 0.6) is 0 Å². The molecule has 1 aliphatic rings. The Bertz CT molecular complexity index is 461. The summed E-state index contributed by atoms with van der Waals surface area (Å²) in [6.45, 7) is 8.01. The van der Waals surface area contributed by atoms with E-state index in [1.54, 1.807) is 12.3 Å². The van der Waals surface area contributed by atoms with Gasteiger partial charge in [-0.25, -0.2) is 0 Å². The van der Waals surface area contributed by atoms with Crippen LogP contribution in [0.3, 0.4) is 0 Å². The van der Waals surface area contributed by atoms with Gasteiger partial charge in [0.2, 0.25) is 0 Å². The van der Waals surface area contributed by atoms with Gasteiger partial charge in [0.25, 0.3) is 5.91 Å². The third-order valence-corrected chi connectivity index (χ3v) is 3.72. The average Bonchev–Trinajstić information content (AvgIpc) is 2.87. The molecule has 0 aromatic carbocycles. The molecular formula is C14H22N4O. The number of rotatable bonds is 4. The van der Waals surface area contributed by atoms with Crippen molar-refractivity contribution in [3.63, 3.8) is 0 Å². The molecule has 0 radical (unpaired) electrons. The molecule has 5 nitrogen and oxygen atoms in total. The first kappa shape index (κ1) is 13.8. The summed E-state index contributed by atoms with van der Waals surface area (Å²) < 4.78 is 0. The molecule has 0 saturated carbocycles. The van der Waals surface area contributed by atoms with Crippen LogP contribution in [0, 0.1) is 12.8 Å². The number of nitrogens with zero attached hydrogens (tertiary/aromatic N) is 2. The summed E-state index contributed by atoms with van der Waals surface area (Å²) in [4.78, 5) is 18.6. The minimum atomic E-state index is -0.0766. The number of carbonyl (C=O) groups excluding carboxylic acids is 1. The van der Waals surface area contributed by atoms with Crippen LogP contribution >= 0.6 is 0 Å². The molecule has 1 aromatic rings. The van der Waals surface area contributed by atoms with Gasteiger partial charge < -0.3 is 16.0 Å². The number of nitrogens with one attached hydrogen (secondary N) is 1. The fraction of sp³-hybridized carbons (Fsp3) is 0.571. The number of carbonyl (C=O) groups is 1. The number of nitrogens with two attached hydrogens (primary N) is 1. The normalized spacial score (nSPS) is 19.6. The van der Waals surface area contributed by atoms with E-state index in [1.165, 1.54) is 0 Å². The molecule has 2 heterocycles. The molecule has 1 fully saturated rings. The SMILES string of the molecule is CCN1CCC(CNC(=O)c2cc(N)cnc2C)C1. The molecule has 104 valence electrons. The third-order valence-electron chi connectivity index (χ3n) is 3.72. The first-order chi connectivity index (χ1) is 9.10. The monoisotopic (exact) mass is 262 g/mol. The Morgan fingerprint density at radius 2 is 2.42 bits per heavy atom. The first-order valence-electron chi connectivity index (χ1n) is 6.82. The maximum absolute atomic E-state index is 12.1. The van der Waals surface area contributed by atoms with Gasteiger partial charge in [0.1, 0.15) is 0 Å². The second-order valence-electron chi connectivity index (χ2n) is 5.16. The van der Waals surface area contributed by atoms with E-state index in [4.69, 9.17) is 5.73 Å². The Labute approximate surface area is 114 Å². The standard InChI is InChI=1S/C14H22N4O/c1-3-18-5-4-11(9-18)7-17-14(19)13-6-12(15)8-16-10(13)2/h6,8,11H,3-5,7,9,15H2,1-2H3,(H,17,19). The number of nitrogen functional groups attached to an aromatic ring is 1. The van der Waals surface area contributed by atoms with Crippen LogP contribution in [-0.4, -0.2) is 42.0 Å². The van der Waals surface area contributed by atoms with E-state index in [1.807, 2.05) is 6.92 Å². The van der Waals surface area contributed by atoms with Crippen molar-refractivity contribution in [2.45, 2.75) is 20.3 Å². The number of hydrogen-bond donors (Lipinski definition) is 2. The van der Waals surface area contributed by atoms with Gasteiger partial charge in [0, 0.05) is 13.1 Å². The van der Waals surface area contributed by atoms with Crippen LogP contribution in [0.1, 0.15) is 29.4 Å². The minimum Gasteiger partial charge on any atom is -0.397 e. The van der Waals surface area contributed by atoms with Crippen molar-refractivity contribution >= 4 is 11.6 Å². The minimum absolute atomic E-state index is 0.0766. The quantitative estimate of drug-likeness (QED) is 0.850. The molecule has 1 amide bonds. The fourth-order valence-electron chi connectivity index (χ4n) is 2.48. The van der Waals surface area contributed by atoms with Crippen LogP contribution in [0.4, 0.5) is 5.69 Å². The van der Waals surface area contributed by atoms with Gasteiger partial charge in [0.05, 0.1) is 23.1 Å². The predicted octanol–water partition coefficient (Wildman–Crippen LogP) is 1.04. The molecule has 1 aliphatic heterocycles. The Kier molecular flexibility index (Phi) is 4.37. The second-order valence-corrected chi connectivity index (χ2v) is 5.16. The number of amides is 1. The van der Waals surface area contributed by atoms with Gasteiger partial charge in [-0.3, -0.25) is 9.78 Å². The smallest absolute Gasteiger partial charge is 0.253 e. The van der Waals surface area contributed by atoms with Crippen LogP contribution < -0.4 is 11.1 Å². The molecule has 1 aromatic heterocycles. The van der Waals surface area contributed by atoms with Crippen LogP contribution in [0.2, 0.25) is 0 Å². The molecule has 1 unspecified atom stereocenters. The zero-order valence-electron chi connectivity index (χ0n) is 11.6. The highest BCUT2D eigenvalue weighted by Crippen LogP contribution is 2.15. The van der Waals surface area contributed by atoms with Crippen molar-refractivity contribution in [2.75, 3.05) is 31.9 Å². The molecule has 0 bridgehead atoms. The lowest BCUT2D eigenvalue weighted by molar-refractivity contribution is 0.0946. The Morgan fingerprint density at radius 3 is 3.11 bits per heavy atom. The summed E-state index contributed by atoms with van der Waals surface area (Å²) >= 11 is 0. The molecule has 0 spiro atoms. The number of anilines is 1. The van der Waals surface area contributed by atoms with Crippen LogP contribution in [-0.2, 0) is 0 Å². The second kappa shape index (κ2) is 6.02. The number of likely N-dealkylation sites (tertiary alicyclic amines) is 1. The lowest BCUT2D eigenvalue weighted by Crippen LogP contribution is -2.31. The van der Waals surface area contributed by atoms with E-state index in [2.05, 4.69) is 22.1 Å². The van der Waals surface area contributed by atoms with Gasteiger partial charge in [-0.1, -0.05) is 6.92 Å². The average molecular weight is 262 g/mol. The van der Waals surface area contributed by atoms with E-state index in [9.17, 15) is 4.79 Å². The van der Waals surface area contributed by atoms with Crippen molar-refractivity contribution < 1.29 is 4.79 Å². The summed E-state index contributed by atoms with van der Waals surface area (Å²) in [5, 5.41) is 2.99. The van der Waals surface area contributed by atoms with E-state index < -0.39 is 0 Å². The van der Waals surface area contributed by atoms with Crippen LogP contribution in [0.15, 0.2) is 12.3 Å². The predicted molar refractivity (Wildman–Crippen MR) is 75.9 cm³/mol. The van der Waals surface area contributed by atoms with Gasteiger partial charge >= 0.3 is 0 Å². The van der Waals surface area contributed by atoms with Gasteiger partial charge in [0.15, 0.2) is 0 Å². The summed E-state index contributed by atoms with van der Waals surface area (Å²) in [7, 11) is 0. The first-order valence-corrected chi connectivity index (χ1v) is 6.82. The maximum atomic E-state index is 12.1. The summed E-state index contributed by atoms with van der Waals surface area (Å²) in [5.74, 6) is 0.477. The zero-order chi connectivity index (χ0) is 13.8.